The molecule has 3 aromatic rings. The van der Waals surface area contributed by atoms with Crippen molar-refractivity contribution in [1.29, 1.82) is 0 Å². The summed E-state index contributed by atoms with van der Waals surface area (Å²) in [5, 5.41) is 11.0. The maximum absolute atomic E-state index is 12.5. The molecule has 32 heavy (non-hydrogen) atoms. The fraction of sp³-hybridized carbons (Fsp3) is 0.385. The summed E-state index contributed by atoms with van der Waals surface area (Å²) in [5.74, 6) is 0.914. The van der Waals surface area contributed by atoms with E-state index in [0.29, 0.717) is 6.04 Å². The van der Waals surface area contributed by atoms with Crippen LogP contribution in [0.5, 0.6) is 0 Å². The number of rotatable bonds is 5. The number of aryl methyl sites for hydroxylation is 2. The van der Waals surface area contributed by atoms with Crippen molar-refractivity contribution >= 4 is 34.1 Å². The number of para-hydroxylation sites is 2. The van der Waals surface area contributed by atoms with Gasteiger partial charge in [-0.15, -0.1) is 0 Å². The Labute approximate surface area is 190 Å². The van der Waals surface area contributed by atoms with Gasteiger partial charge in [0, 0.05) is 49.0 Å². The average Bonchev–Trinajstić information content (AvgIpc) is 2.77. The van der Waals surface area contributed by atoms with Crippen molar-refractivity contribution < 1.29 is 4.79 Å². The van der Waals surface area contributed by atoms with E-state index in [9.17, 15) is 4.79 Å². The third kappa shape index (κ3) is 4.96. The van der Waals surface area contributed by atoms with Gasteiger partial charge in [0.25, 0.3) is 0 Å². The van der Waals surface area contributed by atoms with Gasteiger partial charge in [0.15, 0.2) is 0 Å². The second kappa shape index (κ2) is 9.47. The van der Waals surface area contributed by atoms with E-state index < -0.39 is 0 Å². The number of amides is 2. The molecule has 1 aromatic heterocycles. The Bertz CT molecular complexity index is 1080. The van der Waals surface area contributed by atoms with Crippen LogP contribution in [-0.2, 0) is 0 Å². The number of aromatic nitrogens is 1. The predicted molar refractivity (Wildman–Crippen MR) is 134 cm³/mol. The molecule has 4 rings (SSSR count). The second-order valence-corrected chi connectivity index (χ2v) is 9.00. The first kappa shape index (κ1) is 21.9. The van der Waals surface area contributed by atoms with Crippen molar-refractivity contribution in [2.45, 2.75) is 51.6 Å². The molecule has 0 aliphatic heterocycles. The van der Waals surface area contributed by atoms with E-state index in [1.54, 1.807) is 0 Å². The Kier molecular flexibility index (Phi) is 6.49. The first-order chi connectivity index (χ1) is 15.4. The molecule has 6 heteroatoms. The van der Waals surface area contributed by atoms with Gasteiger partial charge >= 0.3 is 6.03 Å². The Morgan fingerprint density at radius 2 is 1.59 bits per heavy atom. The molecule has 1 aliphatic rings. The summed E-state index contributed by atoms with van der Waals surface area (Å²) in [7, 11) is 4.12. The first-order valence-corrected chi connectivity index (χ1v) is 11.4. The lowest BCUT2D eigenvalue weighted by atomic mass is 9.91. The molecule has 0 atom stereocenters. The topological polar surface area (TPSA) is 69.3 Å². The maximum atomic E-state index is 12.5. The third-order valence-corrected chi connectivity index (χ3v) is 6.31. The molecule has 2 amide bonds. The molecule has 0 unspecified atom stereocenters. The standard InChI is InChI=1S/C26H33N5O/c1-17-8-7-9-18(2)25(17)30-26(32)28-20-14-12-19(13-15-20)27-24-16-23(31(3)4)21-10-5-6-11-22(21)29-24/h5-11,16,19-20H,12-15H2,1-4H3,(H,27,29)(H2,28,30,32). The minimum Gasteiger partial charge on any atom is -0.377 e. The number of fused-ring (bicyclic) bond motifs is 1. The Morgan fingerprint density at radius 1 is 0.938 bits per heavy atom. The first-order valence-electron chi connectivity index (χ1n) is 11.4. The van der Waals surface area contributed by atoms with Crippen LogP contribution in [0.25, 0.3) is 10.9 Å². The molecule has 0 saturated heterocycles. The van der Waals surface area contributed by atoms with Gasteiger partial charge in [0.05, 0.1) is 5.52 Å². The third-order valence-electron chi connectivity index (χ3n) is 6.31. The molecule has 1 saturated carbocycles. The van der Waals surface area contributed by atoms with Crippen LogP contribution in [0.1, 0.15) is 36.8 Å². The van der Waals surface area contributed by atoms with Crippen LogP contribution in [0.2, 0.25) is 0 Å². The lowest BCUT2D eigenvalue weighted by Crippen LogP contribution is -2.42. The average molecular weight is 432 g/mol. The summed E-state index contributed by atoms with van der Waals surface area (Å²) in [6, 6.07) is 16.9. The van der Waals surface area contributed by atoms with E-state index in [2.05, 4.69) is 59.2 Å². The number of nitrogens with zero attached hydrogens (tertiary/aromatic N) is 2. The molecule has 0 spiro atoms. The van der Waals surface area contributed by atoms with E-state index in [1.807, 2.05) is 38.1 Å². The van der Waals surface area contributed by atoms with Crippen molar-refractivity contribution in [2.24, 2.45) is 0 Å². The number of pyridine rings is 1. The largest absolute Gasteiger partial charge is 0.377 e. The highest BCUT2D eigenvalue weighted by atomic mass is 16.2. The van der Waals surface area contributed by atoms with Crippen molar-refractivity contribution in [2.75, 3.05) is 29.6 Å². The van der Waals surface area contributed by atoms with Crippen LogP contribution in [-0.4, -0.2) is 37.2 Å². The number of hydrogen-bond donors (Lipinski definition) is 3. The van der Waals surface area contributed by atoms with E-state index in [0.717, 1.165) is 64.9 Å². The van der Waals surface area contributed by atoms with Gasteiger partial charge < -0.3 is 20.9 Å². The molecule has 0 radical (unpaired) electrons. The summed E-state index contributed by atoms with van der Waals surface area (Å²) >= 11 is 0. The summed E-state index contributed by atoms with van der Waals surface area (Å²) in [6.45, 7) is 4.03. The van der Waals surface area contributed by atoms with Crippen molar-refractivity contribution in [1.82, 2.24) is 10.3 Å². The highest BCUT2D eigenvalue weighted by molar-refractivity contribution is 5.93. The Hall–Kier alpha value is -3.28. The minimum absolute atomic E-state index is 0.120. The smallest absolute Gasteiger partial charge is 0.319 e. The number of nitrogens with one attached hydrogen (secondary N) is 3. The van der Waals surface area contributed by atoms with Crippen LogP contribution >= 0.6 is 0 Å². The van der Waals surface area contributed by atoms with Crippen LogP contribution in [0.15, 0.2) is 48.5 Å². The lowest BCUT2D eigenvalue weighted by molar-refractivity contribution is 0.243. The predicted octanol–water partition coefficient (Wildman–Crippen LogP) is 5.46. The zero-order valence-corrected chi connectivity index (χ0v) is 19.4. The fourth-order valence-electron chi connectivity index (χ4n) is 4.54. The van der Waals surface area contributed by atoms with Gasteiger partial charge in [-0.1, -0.05) is 36.4 Å². The van der Waals surface area contributed by atoms with Crippen molar-refractivity contribution in [3.8, 4) is 0 Å². The van der Waals surface area contributed by atoms with E-state index >= 15 is 0 Å². The molecule has 6 nitrogen and oxygen atoms in total. The number of carbonyl (C=O) groups is 1. The van der Waals surface area contributed by atoms with Gasteiger partial charge in [-0.3, -0.25) is 0 Å². The van der Waals surface area contributed by atoms with Crippen LogP contribution in [0, 0.1) is 13.8 Å². The summed E-state index contributed by atoms with van der Waals surface area (Å²) in [6.07, 6.45) is 3.90. The maximum Gasteiger partial charge on any atom is 0.319 e. The monoisotopic (exact) mass is 431 g/mol. The van der Waals surface area contributed by atoms with Gasteiger partial charge in [-0.05, 0) is 56.7 Å². The summed E-state index contributed by atoms with van der Waals surface area (Å²) in [5.41, 5.74) is 5.22. The quantitative estimate of drug-likeness (QED) is 0.502. The van der Waals surface area contributed by atoms with Crippen LogP contribution < -0.4 is 20.9 Å². The summed E-state index contributed by atoms with van der Waals surface area (Å²) in [4.78, 5) is 19.5. The normalized spacial score (nSPS) is 18.2. The van der Waals surface area contributed by atoms with E-state index in [4.69, 9.17) is 4.98 Å². The van der Waals surface area contributed by atoms with E-state index in [1.165, 1.54) is 0 Å². The van der Waals surface area contributed by atoms with Crippen LogP contribution in [0.3, 0.4) is 0 Å². The minimum atomic E-state index is -0.120. The van der Waals surface area contributed by atoms with Gasteiger partial charge in [-0.25, -0.2) is 9.78 Å². The highest BCUT2D eigenvalue weighted by Crippen LogP contribution is 2.29. The molecule has 1 aliphatic carbocycles. The highest BCUT2D eigenvalue weighted by Gasteiger charge is 2.23. The van der Waals surface area contributed by atoms with Crippen molar-refractivity contribution in [3.63, 3.8) is 0 Å². The molecular formula is C26H33N5O. The molecular weight excluding hydrogens is 398 g/mol. The molecule has 1 heterocycles. The zero-order chi connectivity index (χ0) is 22.7. The molecule has 0 bridgehead atoms. The van der Waals surface area contributed by atoms with Crippen molar-refractivity contribution in [3.05, 3.63) is 59.7 Å². The van der Waals surface area contributed by atoms with Crippen LogP contribution in [0.4, 0.5) is 22.0 Å². The van der Waals surface area contributed by atoms with Gasteiger partial charge in [0.1, 0.15) is 5.82 Å². The lowest BCUT2D eigenvalue weighted by Gasteiger charge is -2.30. The number of anilines is 3. The number of hydrogen-bond acceptors (Lipinski definition) is 4. The van der Waals surface area contributed by atoms with Gasteiger partial charge in [-0.2, -0.15) is 0 Å². The summed E-state index contributed by atoms with van der Waals surface area (Å²) < 4.78 is 0. The molecule has 3 N–H and O–H groups in total. The Morgan fingerprint density at radius 3 is 2.28 bits per heavy atom. The number of urea groups is 1. The number of carbonyl (C=O) groups excluding carboxylic acids is 1. The molecule has 1 fully saturated rings. The van der Waals surface area contributed by atoms with Gasteiger partial charge in [0.2, 0.25) is 0 Å². The molecule has 168 valence electrons. The van der Waals surface area contributed by atoms with E-state index in [-0.39, 0.29) is 12.1 Å². The second-order valence-electron chi connectivity index (χ2n) is 9.00. The fourth-order valence-corrected chi connectivity index (χ4v) is 4.54. The SMILES string of the molecule is Cc1cccc(C)c1NC(=O)NC1CCC(Nc2cc(N(C)C)c3ccccc3n2)CC1. The zero-order valence-electron chi connectivity index (χ0n) is 19.4. The molecule has 2 aromatic carbocycles. The number of benzene rings is 2. The Balaban J connectivity index is 1.34.